The van der Waals surface area contributed by atoms with Gasteiger partial charge in [0, 0.05) is 9.37 Å². The Morgan fingerprint density at radius 2 is 1.72 bits per heavy atom. The Balaban J connectivity index is 2.41. The van der Waals surface area contributed by atoms with Crippen molar-refractivity contribution < 1.29 is 27.1 Å². The Hall–Kier alpha value is -1.30. The number of hydrogen-bond acceptors (Lipinski definition) is 6. The van der Waals surface area contributed by atoms with E-state index in [2.05, 4.69) is 59.8 Å². The number of aromatic nitrogens is 2. The summed E-state index contributed by atoms with van der Waals surface area (Å²) in [6, 6.07) is 3.60. The lowest BCUT2D eigenvalue weighted by atomic mass is 10.2. The average Bonchev–Trinajstić information content (AvgIpc) is 2.70. The van der Waals surface area contributed by atoms with Crippen LogP contribution in [0.5, 0.6) is 11.8 Å². The molecule has 5 nitrogen and oxygen atoms in total. The fraction of sp³-hybridized carbons (Fsp3) is 0.524. The van der Waals surface area contributed by atoms with Crippen molar-refractivity contribution in [3.8, 4) is 11.8 Å². The van der Waals surface area contributed by atoms with Gasteiger partial charge < -0.3 is 13.9 Å². The van der Waals surface area contributed by atoms with Crippen molar-refractivity contribution in [1.29, 1.82) is 0 Å². The molecule has 1 heterocycles. The van der Waals surface area contributed by atoms with Gasteiger partial charge in [-0.15, -0.1) is 11.8 Å². The molecule has 2 rings (SSSR count). The van der Waals surface area contributed by atoms with Gasteiger partial charge in [-0.1, -0.05) is 20.8 Å². The summed E-state index contributed by atoms with van der Waals surface area (Å²) in [7, 11) is 0.857. The highest BCUT2D eigenvalue weighted by molar-refractivity contribution is 9.10. The van der Waals surface area contributed by atoms with Crippen molar-refractivity contribution in [3.63, 3.8) is 0 Å². The SMILES string of the molecule is COc1ncc([C@H](CO[Si](C)(C)C(C)(C)C)Sc2ccc(C(F)(F)F)cc2Br)nc1OC. The minimum atomic E-state index is -4.41. The lowest BCUT2D eigenvalue weighted by Crippen LogP contribution is -2.41. The van der Waals surface area contributed by atoms with Crippen LogP contribution in [0.4, 0.5) is 13.2 Å². The summed E-state index contributed by atoms with van der Waals surface area (Å²) >= 11 is 4.64. The molecule has 0 radical (unpaired) electrons. The Bertz CT molecular complexity index is 939. The maximum absolute atomic E-state index is 13.1. The summed E-state index contributed by atoms with van der Waals surface area (Å²) in [6.45, 7) is 11.0. The molecule has 0 aliphatic heterocycles. The van der Waals surface area contributed by atoms with E-state index in [1.165, 1.54) is 32.0 Å². The van der Waals surface area contributed by atoms with Gasteiger partial charge in [0.15, 0.2) is 8.32 Å². The van der Waals surface area contributed by atoms with E-state index in [4.69, 9.17) is 13.9 Å². The molecule has 0 aliphatic rings. The Kier molecular flexibility index (Phi) is 8.68. The third-order valence-electron chi connectivity index (χ3n) is 5.37. The largest absolute Gasteiger partial charge is 0.477 e. The molecule has 0 unspecified atom stereocenters. The number of rotatable bonds is 8. The predicted molar refractivity (Wildman–Crippen MR) is 126 cm³/mol. The number of hydrogen-bond donors (Lipinski definition) is 0. The van der Waals surface area contributed by atoms with E-state index in [0.29, 0.717) is 21.7 Å². The molecule has 0 bridgehead atoms. The fourth-order valence-electron chi connectivity index (χ4n) is 2.41. The summed E-state index contributed by atoms with van der Waals surface area (Å²) in [5.41, 5.74) is -0.133. The van der Waals surface area contributed by atoms with Gasteiger partial charge in [0.05, 0.1) is 43.5 Å². The standard InChI is InChI=1S/C21H28BrF3N2O3SSi/c1-20(2,3)32(6,7)30-12-17(15-11-26-18(28-4)19(27-15)29-5)31-16-9-8-13(10-14(16)22)21(23,24)25/h8-11,17H,12H2,1-7H3/t17-/m0/s1. The Labute approximate surface area is 200 Å². The molecule has 32 heavy (non-hydrogen) atoms. The minimum absolute atomic E-state index is 0.000430. The lowest BCUT2D eigenvalue weighted by Gasteiger charge is -2.37. The fourth-order valence-corrected chi connectivity index (χ4v) is 5.20. The summed E-state index contributed by atoms with van der Waals surface area (Å²) in [5, 5.41) is -0.329. The summed E-state index contributed by atoms with van der Waals surface area (Å²) in [4.78, 5) is 9.42. The maximum atomic E-state index is 13.1. The highest BCUT2D eigenvalue weighted by atomic mass is 79.9. The number of ether oxygens (including phenoxy) is 2. The molecule has 0 aliphatic carbocycles. The van der Waals surface area contributed by atoms with Gasteiger partial charge in [0.2, 0.25) is 0 Å². The Morgan fingerprint density at radius 1 is 1.09 bits per heavy atom. The van der Waals surface area contributed by atoms with Crippen LogP contribution in [0.1, 0.15) is 37.3 Å². The third kappa shape index (κ3) is 6.61. The molecule has 0 N–H and O–H groups in total. The van der Waals surface area contributed by atoms with Gasteiger partial charge in [-0.05, 0) is 52.3 Å². The zero-order chi connectivity index (χ0) is 24.3. The number of thioether (sulfide) groups is 1. The summed E-state index contributed by atoms with van der Waals surface area (Å²) in [5.74, 6) is 0.482. The number of benzene rings is 1. The molecule has 1 aromatic carbocycles. The summed E-state index contributed by atoms with van der Waals surface area (Å²) < 4.78 is 56.4. The number of alkyl halides is 3. The second kappa shape index (κ2) is 10.3. The van der Waals surface area contributed by atoms with Crippen LogP contribution >= 0.6 is 27.7 Å². The second-order valence-electron chi connectivity index (χ2n) is 8.63. The van der Waals surface area contributed by atoms with Gasteiger partial charge >= 0.3 is 6.18 Å². The molecule has 0 fully saturated rings. The van der Waals surface area contributed by atoms with Crippen LogP contribution in [-0.2, 0) is 10.6 Å². The number of halogens is 4. The van der Waals surface area contributed by atoms with E-state index < -0.39 is 20.1 Å². The zero-order valence-corrected chi connectivity index (χ0v) is 22.5. The molecule has 178 valence electrons. The van der Waals surface area contributed by atoms with Crippen LogP contribution in [-0.4, -0.2) is 39.1 Å². The normalized spacial score (nSPS) is 13.7. The van der Waals surface area contributed by atoms with Crippen LogP contribution in [0.3, 0.4) is 0 Å². The van der Waals surface area contributed by atoms with E-state index in [1.807, 2.05) is 0 Å². The number of methoxy groups -OCH3 is 2. The lowest BCUT2D eigenvalue weighted by molar-refractivity contribution is -0.137. The van der Waals surface area contributed by atoms with Gasteiger partial charge in [-0.2, -0.15) is 13.2 Å². The van der Waals surface area contributed by atoms with Gasteiger partial charge in [-0.3, -0.25) is 0 Å². The van der Waals surface area contributed by atoms with E-state index in [9.17, 15) is 13.2 Å². The average molecular weight is 554 g/mol. The molecule has 0 saturated heterocycles. The first-order valence-corrected chi connectivity index (χ1v) is 14.4. The van der Waals surface area contributed by atoms with Crippen LogP contribution in [0.2, 0.25) is 18.1 Å². The molecule has 0 saturated carbocycles. The van der Waals surface area contributed by atoms with Gasteiger partial charge in [-0.25, -0.2) is 9.97 Å². The monoisotopic (exact) mass is 552 g/mol. The van der Waals surface area contributed by atoms with Crippen LogP contribution in [0.25, 0.3) is 0 Å². The van der Waals surface area contributed by atoms with E-state index in [0.717, 1.165) is 12.1 Å². The van der Waals surface area contributed by atoms with Crippen molar-refractivity contribution in [2.45, 2.75) is 55.2 Å². The topological polar surface area (TPSA) is 53.5 Å². The van der Waals surface area contributed by atoms with Gasteiger partial charge in [0.1, 0.15) is 0 Å². The summed E-state index contributed by atoms with van der Waals surface area (Å²) in [6.07, 6.45) is -2.84. The second-order valence-corrected chi connectivity index (χ2v) is 15.5. The maximum Gasteiger partial charge on any atom is 0.416 e. The first-order chi connectivity index (χ1) is 14.7. The van der Waals surface area contributed by atoms with E-state index in [1.54, 1.807) is 6.20 Å². The molecule has 1 aromatic heterocycles. The minimum Gasteiger partial charge on any atom is -0.477 e. The Morgan fingerprint density at radius 3 is 2.22 bits per heavy atom. The van der Waals surface area contributed by atoms with Gasteiger partial charge in [0.25, 0.3) is 11.8 Å². The molecule has 1 atom stereocenters. The first kappa shape index (κ1) is 26.9. The number of nitrogens with zero attached hydrogens (tertiary/aromatic N) is 2. The van der Waals surface area contributed by atoms with Crippen molar-refractivity contribution >= 4 is 36.0 Å². The molecule has 11 heteroatoms. The molecule has 0 amide bonds. The van der Waals surface area contributed by atoms with Crippen LogP contribution in [0.15, 0.2) is 33.8 Å². The molecular weight excluding hydrogens is 525 g/mol. The predicted octanol–water partition coefficient (Wildman–Crippen LogP) is 7.13. The zero-order valence-electron chi connectivity index (χ0n) is 19.1. The van der Waals surface area contributed by atoms with Crippen molar-refractivity contribution in [1.82, 2.24) is 9.97 Å². The van der Waals surface area contributed by atoms with Crippen molar-refractivity contribution in [2.24, 2.45) is 0 Å². The quantitative estimate of drug-likeness (QED) is 0.256. The molecular formula is C21H28BrF3N2O3SSi. The highest BCUT2D eigenvalue weighted by Crippen LogP contribution is 2.43. The first-order valence-electron chi connectivity index (χ1n) is 9.82. The molecule has 2 aromatic rings. The smallest absolute Gasteiger partial charge is 0.416 e. The van der Waals surface area contributed by atoms with Crippen molar-refractivity contribution in [3.05, 3.63) is 40.1 Å². The molecule has 0 spiro atoms. The van der Waals surface area contributed by atoms with Crippen molar-refractivity contribution in [2.75, 3.05) is 20.8 Å². The van der Waals surface area contributed by atoms with Crippen LogP contribution in [0, 0.1) is 0 Å². The highest BCUT2D eigenvalue weighted by Gasteiger charge is 2.38. The van der Waals surface area contributed by atoms with E-state index >= 15 is 0 Å². The third-order valence-corrected chi connectivity index (χ3v) is 12.1. The van der Waals surface area contributed by atoms with Crippen LogP contribution < -0.4 is 9.47 Å². The van der Waals surface area contributed by atoms with E-state index in [-0.39, 0.29) is 22.0 Å².